The second-order valence-electron chi connectivity index (χ2n) is 10.2. The third-order valence-corrected chi connectivity index (χ3v) is 9.45. The number of piperazine rings is 1. The number of halogens is 1. The largest absolute Gasteiger partial charge is 0.363 e. The molecule has 2 aliphatic rings. The van der Waals surface area contributed by atoms with E-state index < -0.39 is 27.3 Å². The predicted molar refractivity (Wildman–Crippen MR) is 152 cm³/mol. The van der Waals surface area contributed by atoms with Crippen LogP contribution < -0.4 is 15.1 Å². The minimum Gasteiger partial charge on any atom is -0.363 e. The number of carbonyl (C=O) groups excluding carboxylic acids is 2. The highest BCUT2D eigenvalue weighted by molar-refractivity contribution is 7.91. The fourth-order valence-corrected chi connectivity index (χ4v) is 7.31. The summed E-state index contributed by atoms with van der Waals surface area (Å²) >= 11 is 0. The summed E-state index contributed by atoms with van der Waals surface area (Å²) < 4.78 is 41.6. The Morgan fingerprint density at radius 1 is 1.02 bits per heavy atom. The van der Waals surface area contributed by atoms with E-state index >= 15 is 0 Å². The van der Waals surface area contributed by atoms with Crippen molar-refractivity contribution in [2.45, 2.75) is 17.9 Å². The molecule has 0 spiro atoms. The van der Waals surface area contributed by atoms with Crippen molar-refractivity contribution in [2.24, 2.45) is 7.05 Å². The molecule has 4 aromatic rings. The first-order chi connectivity index (χ1) is 19.6. The SMILES string of the molecule is Cc1cc(-c2ccccc2)c(C(=O)C(=O)Nc2ccc3c(c2)S(=O)(=O)C[C@@H]2CN(c4ncc(F)cn4)CCN32)n1C. The molecule has 1 N–H and O–H groups in total. The van der Waals surface area contributed by atoms with Gasteiger partial charge in [0.2, 0.25) is 5.95 Å². The molecule has 12 heteroatoms. The van der Waals surface area contributed by atoms with E-state index in [1.54, 1.807) is 23.7 Å². The maximum Gasteiger partial charge on any atom is 0.298 e. The minimum absolute atomic E-state index is 0.102. The van der Waals surface area contributed by atoms with Crippen molar-refractivity contribution in [3.63, 3.8) is 0 Å². The fourth-order valence-electron chi connectivity index (χ4n) is 5.53. The first-order valence-corrected chi connectivity index (χ1v) is 14.7. The van der Waals surface area contributed by atoms with Crippen LogP contribution in [0.2, 0.25) is 0 Å². The Kier molecular flexibility index (Phi) is 6.57. The summed E-state index contributed by atoms with van der Waals surface area (Å²) in [5.41, 5.74) is 3.29. The van der Waals surface area contributed by atoms with E-state index in [-0.39, 0.29) is 28.1 Å². The average molecular weight is 575 g/mol. The van der Waals surface area contributed by atoms with Gasteiger partial charge in [-0.25, -0.2) is 22.8 Å². The van der Waals surface area contributed by atoms with E-state index in [1.165, 1.54) is 6.07 Å². The van der Waals surface area contributed by atoms with Crippen molar-refractivity contribution in [2.75, 3.05) is 40.5 Å². The Hall–Kier alpha value is -4.58. The van der Waals surface area contributed by atoms with Gasteiger partial charge in [-0.15, -0.1) is 0 Å². The van der Waals surface area contributed by atoms with Crippen LogP contribution in [0.1, 0.15) is 16.2 Å². The highest BCUT2D eigenvalue weighted by atomic mass is 32.2. The number of fused-ring (bicyclic) bond motifs is 3. The fraction of sp³-hybridized carbons (Fsp3) is 0.241. The van der Waals surface area contributed by atoms with E-state index in [4.69, 9.17) is 0 Å². The van der Waals surface area contributed by atoms with Gasteiger partial charge in [-0.05, 0) is 36.8 Å². The third kappa shape index (κ3) is 4.84. The van der Waals surface area contributed by atoms with Gasteiger partial charge in [0.05, 0.1) is 34.8 Å². The molecule has 210 valence electrons. The molecule has 1 fully saturated rings. The summed E-state index contributed by atoms with van der Waals surface area (Å²) in [6, 6.07) is 15.5. The summed E-state index contributed by atoms with van der Waals surface area (Å²) in [4.78, 5) is 38.5. The van der Waals surface area contributed by atoms with Gasteiger partial charge < -0.3 is 19.7 Å². The second kappa shape index (κ2) is 10.1. The second-order valence-corrected chi connectivity index (χ2v) is 12.2. The topological polar surface area (TPSA) is 118 Å². The normalized spacial score (nSPS) is 17.5. The first kappa shape index (κ1) is 26.6. The molecule has 0 bridgehead atoms. The number of hydrogen-bond acceptors (Lipinski definition) is 8. The molecule has 2 aromatic heterocycles. The van der Waals surface area contributed by atoms with Crippen LogP contribution in [0.4, 0.5) is 21.7 Å². The molecule has 0 radical (unpaired) electrons. The molecule has 10 nitrogen and oxygen atoms in total. The molecule has 6 rings (SSSR count). The zero-order chi connectivity index (χ0) is 28.9. The number of Topliss-reactive ketones (excluding diaryl/α,β-unsaturated/α-hetero) is 1. The number of hydrogen-bond donors (Lipinski definition) is 1. The van der Waals surface area contributed by atoms with Gasteiger partial charge in [0.25, 0.3) is 11.7 Å². The number of aromatic nitrogens is 3. The lowest BCUT2D eigenvalue weighted by atomic mass is 10.0. The number of carbonyl (C=O) groups is 2. The van der Waals surface area contributed by atoms with Crippen molar-refractivity contribution in [3.05, 3.63) is 84.2 Å². The molecule has 0 aliphatic carbocycles. The monoisotopic (exact) mass is 574 g/mol. The van der Waals surface area contributed by atoms with Crippen LogP contribution >= 0.6 is 0 Å². The summed E-state index contributed by atoms with van der Waals surface area (Å²) in [5, 5.41) is 2.61. The quantitative estimate of drug-likeness (QED) is 0.285. The maximum atomic E-state index is 13.4. The van der Waals surface area contributed by atoms with Crippen molar-refractivity contribution < 1.29 is 22.4 Å². The van der Waals surface area contributed by atoms with E-state index in [2.05, 4.69) is 15.3 Å². The zero-order valence-electron chi connectivity index (χ0n) is 22.4. The Labute approximate surface area is 236 Å². The van der Waals surface area contributed by atoms with Gasteiger partial charge in [0.15, 0.2) is 15.7 Å². The molecule has 41 heavy (non-hydrogen) atoms. The Bertz CT molecular complexity index is 1770. The third-order valence-electron chi connectivity index (χ3n) is 7.63. The molecular formula is C29H27FN6O4S. The van der Waals surface area contributed by atoms with Crippen LogP contribution in [0, 0.1) is 12.7 Å². The van der Waals surface area contributed by atoms with Crippen molar-refractivity contribution in [3.8, 4) is 11.1 Å². The standard InChI is InChI=1S/C29H27FN6O4S/c1-18-12-23(19-6-4-3-5-7-19)26(34(18)2)27(37)28(38)33-21-8-9-24-25(13-21)41(39,40)17-22-16-35(10-11-36(22)24)29-31-14-20(30)15-32-29/h3-9,12-15,22H,10-11,16-17H2,1-2H3,(H,33,38)/t22-/m0/s1. The number of nitrogens with one attached hydrogen (secondary N) is 1. The van der Waals surface area contributed by atoms with Gasteiger partial charge in [-0.1, -0.05) is 30.3 Å². The molecule has 4 heterocycles. The van der Waals surface area contributed by atoms with Crippen molar-refractivity contribution in [1.29, 1.82) is 0 Å². The molecule has 2 aromatic carbocycles. The number of benzene rings is 2. The van der Waals surface area contributed by atoms with Crippen LogP contribution in [-0.2, 0) is 21.7 Å². The Balaban J connectivity index is 1.24. The summed E-state index contributed by atoms with van der Waals surface area (Å²) in [6.07, 6.45) is 2.17. The maximum absolute atomic E-state index is 13.4. The average Bonchev–Trinajstić information content (AvgIpc) is 3.26. The van der Waals surface area contributed by atoms with Crippen molar-refractivity contribution in [1.82, 2.24) is 14.5 Å². The van der Waals surface area contributed by atoms with Gasteiger partial charge in [-0.2, -0.15) is 0 Å². The number of sulfone groups is 1. The number of ketones is 1. The molecule has 2 aliphatic heterocycles. The van der Waals surface area contributed by atoms with Crippen LogP contribution in [0.25, 0.3) is 11.1 Å². The van der Waals surface area contributed by atoms with Crippen LogP contribution in [0.15, 0.2) is 71.9 Å². The zero-order valence-corrected chi connectivity index (χ0v) is 23.2. The number of rotatable bonds is 5. The van der Waals surface area contributed by atoms with Crippen LogP contribution in [0.3, 0.4) is 0 Å². The van der Waals surface area contributed by atoms with E-state index in [1.807, 2.05) is 53.1 Å². The molecule has 1 atom stereocenters. The lowest BCUT2D eigenvalue weighted by Crippen LogP contribution is -2.58. The number of amides is 1. The molecular weight excluding hydrogens is 547 g/mol. The van der Waals surface area contributed by atoms with Gasteiger partial charge >= 0.3 is 0 Å². The van der Waals surface area contributed by atoms with Crippen LogP contribution in [0.5, 0.6) is 0 Å². The number of nitrogens with zero attached hydrogens (tertiary/aromatic N) is 5. The van der Waals surface area contributed by atoms with E-state index in [0.717, 1.165) is 23.7 Å². The number of aryl methyl sites for hydroxylation is 1. The summed E-state index contributed by atoms with van der Waals surface area (Å²) in [5.74, 6) is -1.92. The lowest BCUT2D eigenvalue weighted by Gasteiger charge is -2.45. The Morgan fingerprint density at radius 2 is 1.76 bits per heavy atom. The van der Waals surface area contributed by atoms with Crippen molar-refractivity contribution >= 4 is 38.9 Å². The van der Waals surface area contributed by atoms with Gasteiger partial charge in [-0.3, -0.25) is 9.59 Å². The number of anilines is 3. The van der Waals surface area contributed by atoms with Gasteiger partial charge in [0.1, 0.15) is 5.69 Å². The van der Waals surface area contributed by atoms with E-state index in [9.17, 15) is 22.4 Å². The lowest BCUT2D eigenvalue weighted by molar-refractivity contribution is -0.112. The smallest absolute Gasteiger partial charge is 0.298 e. The molecule has 0 saturated carbocycles. The Morgan fingerprint density at radius 3 is 2.49 bits per heavy atom. The highest BCUT2D eigenvalue weighted by Crippen LogP contribution is 2.37. The van der Waals surface area contributed by atoms with E-state index in [0.29, 0.717) is 36.8 Å². The van der Waals surface area contributed by atoms with Crippen LogP contribution in [-0.4, -0.2) is 66.1 Å². The summed E-state index contributed by atoms with van der Waals surface area (Å²) in [7, 11) is -1.98. The first-order valence-electron chi connectivity index (χ1n) is 13.1. The highest BCUT2D eigenvalue weighted by Gasteiger charge is 2.40. The molecule has 0 unspecified atom stereocenters. The minimum atomic E-state index is -3.71. The van der Waals surface area contributed by atoms with Gasteiger partial charge in [0, 0.05) is 43.6 Å². The molecule has 1 saturated heterocycles. The molecule has 1 amide bonds. The summed E-state index contributed by atoms with van der Waals surface area (Å²) in [6.45, 7) is 3.24. The predicted octanol–water partition coefficient (Wildman–Crippen LogP) is 3.23.